The van der Waals surface area contributed by atoms with Crippen LogP contribution in [0.25, 0.3) is 0 Å². The van der Waals surface area contributed by atoms with E-state index in [1.807, 2.05) is 13.2 Å². The van der Waals surface area contributed by atoms with Crippen LogP contribution in [0, 0.1) is 0 Å². The third-order valence-electron chi connectivity index (χ3n) is 3.75. The molecule has 9 heteroatoms. The molecule has 0 aliphatic carbocycles. The molecule has 1 unspecified atom stereocenters. The van der Waals surface area contributed by atoms with Crippen LogP contribution >= 0.6 is 0 Å². The number of hydrogen-bond acceptors (Lipinski definition) is 5. The lowest BCUT2D eigenvalue weighted by Crippen LogP contribution is -2.52. The molecule has 1 aromatic heterocycles. The lowest BCUT2D eigenvalue weighted by molar-refractivity contribution is -0.00622. The average molecular weight is 316 g/mol. The van der Waals surface area contributed by atoms with Crippen LogP contribution in [0.5, 0.6) is 0 Å². The number of aromatic nitrogens is 2. The number of morpholine rings is 2. The molecule has 2 aliphatic rings. The maximum Gasteiger partial charge on any atom is 0.282 e. The first-order chi connectivity index (χ1) is 10.1. The molecular formula is C12H20N4O4S. The molecule has 2 aliphatic heterocycles. The molecule has 118 valence electrons. The van der Waals surface area contributed by atoms with E-state index in [4.69, 9.17) is 9.47 Å². The number of hydrogen-bond donors (Lipinski definition) is 0. The summed E-state index contributed by atoms with van der Waals surface area (Å²) in [5.74, 6) is 0. The van der Waals surface area contributed by atoms with Crippen molar-refractivity contribution in [2.24, 2.45) is 7.05 Å². The van der Waals surface area contributed by atoms with Crippen LogP contribution in [0.3, 0.4) is 0 Å². The van der Waals surface area contributed by atoms with Crippen molar-refractivity contribution in [3.8, 4) is 0 Å². The van der Waals surface area contributed by atoms with Gasteiger partial charge >= 0.3 is 0 Å². The van der Waals surface area contributed by atoms with Crippen molar-refractivity contribution in [2.75, 3.05) is 46.0 Å². The third kappa shape index (κ3) is 3.11. The summed E-state index contributed by atoms with van der Waals surface area (Å²) in [6.45, 7) is 2.84. The van der Waals surface area contributed by atoms with E-state index >= 15 is 0 Å². The van der Waals surface area contributed by atoms with Crippen molar-refractivity contribution < 1.29 is 17.9 Å². The highest BCUT2D eigenvalue weighted by atomic mass is 32.2. The summed E-state index contributed by atoms with van der Waals surface area (Å²) < 4.78 is 40.9. The van der Waals surface area contributed by atoms with E-state index < -0.39 is 10.2 Å². The van der Waals surface area contributed by atoms with Gasteiger partial charge < -0.3 is 9.47 Å². The molecule has 0 aromatic carbocycles. The highest BCUT2D eigenvalue weighted by molar-refractivity contribution is 7.86. The third-order valence-corrected chi connectivity index (χ3v) is 5.75. The normalized spacial score (nSPS) is 26.0. The van der Waals surface area contributed by atoms with E-state index in [0.717, 1.165) is 5.56 Å². The molecule has 0 radical (unpaired) electrons. The molecular weight excluding hydrogens is 296 g/mol. The van der Waals surface area contributed by atoms with Gasteiger partial charge in [0.25, 0.3) is 10.2 Å². The molecule has 0 N–H and O–H groups in total. The molecule has 3 rings (SSSR count). The van der Waals surface area contributed by atoms with Crippen molar-refractivity contribution in [3.63, 3.8) is 0 Å². The molecule has 3 heterocycles. The van der Waals surface area contributed by atoms with Crippen LogP contribution in [-0.2, 0) is 26.7 Å². The van der Waals surface area contributed by atoms with Gasteiger partial charge in [0, 0.05) is 45.0 Å². The minimum absolute atomic E-state index is 0.261. The van der Waals surface area contributed by atoms with E-state index in [9.17, 15) is 8.42 Å². The van der Waals surface area contributed by atoms with Crippen molar-refractivity contribution in [1.82, 2.24) is 18.4 Å². The van der Waals surface area contributed by atoms with E-state index in [1.165, 1.54) is 8.61 Å². The molecule has 21 heavy (non-hydrogen) atoms. The Morgan fingerprint density at radius 1 is 1.19 bits per heavy atom. The maximum absolute atomic E-state index is 12.6. The molecule has 0 bridgehead atoms. The Morgan fingerprint density at radius 3 is 2.57 bits per heavy atom. The molecule has 1 atom stereocenters. The first-order valence-electron chi connectivity index (χ1n) is 7.00. The van der Waals surface area contributed by atoms with Crippen molar-refractivity contribution in [2.45, 2.75) is 6.10 Å². The fourth-order valence-electron chi connectivity index (χ4n) is 2.58. The standard InChI is InChI=1S/C12H20N4O4S/c1-14-9-11(8-13-14)12-10-16(4-7-20-12)21(17,18)15-2-5-19-6-3-15/h8-9,12H,2-7,10H2,1H3. The van der Waals surface area contributed by atoms with E-state index in [-0.39, 0.29) is 6.10 Å². The average Bonchev–Trinajstić information content (AvgIpc) is 2.95. The zero-order valence-corrected chi connectivity index (χ0v) is 12.8. The van der Waals surface area contributed by atoms with Gasteiger partial charge in [-0.15, -0.1) is 0 Å². The summed E-state index contributed by atoms with van der Waals surface area (Å²) in [4.78, 5) is 0. The minimum atomic E-state index is -3.44. The van der Waals surface area contributed by atoms with Crippen molar-refractivity contribution in [3.05, 3.63) is 18.0 Å². The monoisotopic (exact) mass is 316 g/mol. The van der Waals surface area contributed by atoms with Crippen LogP contribution in [0.4, 0.5) is 0 Å². The maximum atomic E-state index is 12.6. The lowest BCUT2D eigenvalue weighted by Gasteiger charge is -2.36. The molecule has 8 nitrogen and oxygen atoms in total. The van der Waals surface area contributed by atoms with Gasteiger partial charge in [0.15, 0.2) is 0 Å². The van der Waals surface area contributed by atoms with Gasteiger partial charge in [-0.1, -0.05) is 0 Å². The van der Waals surface area contributed by atoms with Gasteiger partial charge in [0.05, 0.1) is 32.1 Å². The Bertz CT molecular complexity index is 582. The SMILES string of the molecule is Cn1cc(C2CN(S(=O)(=O)N3CCOCC3)CCO2)cn1. The fraction of sp³-hybridized carbons (Fsp3) is 0.750. The summed E-state index contributed by atoms with van der Waals surface area (Å²) in [7, 11) is -1.61. The second-order valence-electron chi connectivity index (χ2n) is 5.18. The second-order valence-corrected chi connectivity index (χ2v) is 7.11. The van der Waals surface area contributed by atoms with Crippen LogP contribution in [-0.4, -0.2) is 72.8 Å². The first kappa shape index (κ1) is 14.9. The van der Waals surface area contributed by atoms with E-state index in [2.05, 4.69) is 5.10 Å². The Hall–Kier alpha value is -1.00. The van der Waals surface area contributed by atoms with Gasteiger partial charge in [0.2, 0.25) is 0 Å². The lowest BCUT2D eigenvalue weighted by atomic mass is 10.2. The van der Waals surface area contributed by atoms with Gasteiger partial charge in [-0.05, 0) is 0 Å². The van der Waals surface area contributed by atoms with Crippen LogP contribution in [0.1, 0.15) is 11.7 Å². The van der Waals surface area contributed by atoms with Crippen LogP contribution in [0.15, 0.2) is 12.4 Å². The highest BCUT2D eigenvalue weighted by Crippen LogP contribution is 2.24. The van der Waals surface area contributed by atoms with Gasteiger partial charge in [0.1, 0.15) is 0 Å². The molecule has 1 aromatic rings. The molecule has 0 spiro atoms. The fourth-order valence-corrected chi connectivity index (χ4v) is 4.15. The van der Waals surface area contributed by atoms with Crippen molar-refractivity contribution >= 4 is 10.2 Å². The first-order valence-corrected chi connectivity index (χ1v) is 8.40. The van der Waals surface area contributed by atoms with Crippen LogP contribution in [0.2, 0.25) is 0 Å². The van der Waals surface area contributed by atoms with Gasteiger partial charge in [-0.25, -0.2) is 0 Å². The minimum Gasteiger partial charge on any atom is -0.379 e. The topological polar surface area (TPSA) is 76.9 Å². The Kier molecular flexibility index (Phi) is 4.27. The second kappa shape index (κ2) is 6.01. The molecule has 0 saturated carbocycles. The molecule has 2 saturated heterocycles. The summed E-state index contributed by atoms with van der Waals surface area (Å²) >= 11 is 0. The van der Waals surface area contributed by atoms with Crippen LogP contribution < -0.4 is 0 Å². The Labute approximate surface area is 124 Å². The van der Waals surface area contributed by atoms with Gasteiger partial charge in [-0.3, -0.25) is 4.68 Å². The van der Waals surface area contributed by atoms with E-state index in [0.29, 0.717) is 46.0 Å². The predicted octanol–water partition coefficient (Wildman–Crippen LogP) is -0.630. The molecule has 0 amide bonds. The summed E-state index contributed by atoms with van der Waals surface area (Å²) in [6.07, 6.45) is 3.31. The number of aryl methyl sites for hydroxylation is 1. The molecule has 2 fully saturated rings. The number of nitrogens with zero attached hydrogens (tertiary/aromatic N) is 4. The highest BCUT2D eigenvalue weighted by Gasteiger charge is 2.35. The predicted molar refractivity (Wildman–Crippen MR) is 74.8 cm³/mol. The Morgan fingerprint density at radius 2 is 1.90 bits per heavy atom. The Balaban J connectivity index is 1.73. The summed E-state index contributed by atoms with van der Waals surface area (Å²) in [5, 5.41) is 4.11. The summed E-state index contributed by atoms with van der Waals surface area (Å²) in [6, 6.07) is 0. The number of rotatable bonds is 3. The zero-order valence-electron chi connectivity index (χ0n) is 12.0. The van der Waals surface area contributed by atoms with Gasteiger partial charge in [-0.2, -0.15) is 22.1 Å². The number of ether oxygens (including phenoxy) is 2. The van der Waals surface area contributed by atoms with E-state index in [1.54, 1.807) is 10.9 Å². The van der Waals surface area contributed by atoms with Crippen molar-refractivity contribution in [1.29, 1.82) is 0 Å². The summed E-state index contributed by atoms with van der Waals surface area (Å²) in [5.41, 5.74) is 0.902. The zero-order chi connectivity index (χ0) is 14.9. The largest absolute Gasteiger partial charge is 0.379 e. The smallest absolute Gasteiger partial charge is 0.282 e. The quantitative estimate of drug-likeness (QED) is 0.742.